The van der Waals surface area contributed by atoms with Crippen LogP contribution < -0.4 is 0 Å². The number of hydrogen-bond acceptors (Lipinski definition) is 2. The van der Waals surface area contributed by atoms with E-state index in [4.69, 9.17) is 0 Å². The Labute approximate surface area is 127 Å². The number of nitrogens with zero attached hydrogens (tertiary/aromatic N) is 2. The minimum Gasteiger partial charge on any atom is -0.300 e. The van der Waals surface area contributed by atoms with Crippen LogP contribution >= 0.6 is 0 Å². The molecular weight excluding hydrogens is 263 g/mol. The zero-order valence-electron chi connectivity index (χ0n) is 12.9. The molecule has 0 atom stereocenters. The monoisotopic (exact) mass is 290 g/mol. The first-order valence-electron chi connectivity index (χ1n) is 8.53. The highest BCUT2D eigenvalue weighted by Gasteiger charge is 2.25. The van der Waals surface area contributed by atoms with Gasteiger partial charge in [0.1, 0.15) is 5.82 Å². The van der Waals surface area contributed by atoms with Gasteiger partial charge in [-0.2, -0.15) is 0 Å². The second-order valence-electron chi connectivity index (χ2n) is 6.55. The highest BCUT2D eigenvalue weighted by Crippen LogP contribution is 2.22. The fourth-order valence-corrected chi connectivity index (χ4v) is 3.77. The van der Waals surface area contributed by atoms with Crippen molar-refractivity contribution in [1.82, 2.24) is 9.80 Å². The summed E-state index contributed by atoms with van der Waals surface area (Å²) in [5.74, 6) is -0.0628. The molecule has 116 valence electrons. The molecule has 0 aromatic heterocycles. The van der Waals surface area contributed by atoms with E-state index in [0.29, 0.717) is 0 Å². The largest absolute Gasteiger partial charge is 0.300 e. The molecule has 0 spiro atoms. The molecule has 2 nitrogen and oxygen atoms in total. The molecule has 3 rings (SSSR count). The Morgan fingerprint density at radius 2 is 1.57 bits per heavy atom. The zero-order chi connectivity index (χ0) is 14.5. The summed E-state index contributed by atoms with van der Waals surface area (Å²) in [5, 5.41) is 0. The summed E-state index contributed by atoms with van der Waals surface area (Å²) in [6, 6.07) is 7.95. The predicted octanol–water partition coefficient (Wildman–Crippen LogP) is 3.67. The van der Waals surface area contributed by atoms with Gasteiger partial charge >= 0.3 is 0 Å². The van der Waals surface area contributed by atoms with Crippen molar-refractivity contribution in [2.24, 2.45) is 0 Å². The first-order chi connectivity index (χ1) is 10.3. The molecule has 21 heavy (non-hydrogen) atoms. The van der Waals surface area contributed by atoms with Crippen LogP contribution in [0.15, 0.2) is 24.3 Å². The molecule has 0 N–H and O–H groups in total. The summed E-state index contributed by atoms with van der Waals surface area (Å²) in [6.45, 7) is 5.56. The SMILES string of the molecule is Fc1ccccc1CN1CCC(N2CCCCCC2)CC1. The number of rotatable bonds is 3. The van der Waals surface area contributed by atoms with Gasteiger partial charge in [-0.1, -0.05) is 31.0 Å². The predicted molar refractivity (Wildman–Crippen MR) is 84.7 cm³/mol. The molecular formula is C18H27FN2. The molecule has 3 heteroatoms. The third-order valence-corrected chi connectivity index (χ3v) is 5.07. The van der Waals surface area contributed by atoms with Crippen molar-refractivity contribution in [3.63, 3.8) is 0 Å². The molecule has 2 aliphatic rings. The summed E-state index contributed by atoms with van der Waals surface area (Å²) < 4.78 is 13.7. The van der Waals surface area contributed by atoms with Crippen molar-refractivity contribution in [1.29, 1.82) is 0 Å². The Morgan fingerprint density at radius 3 is 2.24 bits per heavy atom. The van der Waals surface area contributed by atoms with Crippen LogP contribution in [0.25, 0.3) is 0 Å². The summed E-state index contributed by atoms with van der Waals surface area (Å²) in [6.07, 6.45) is 8.04. The van der Waals surface area contributed by atoms with E-state index in [-0.39, 0.29) is 5.82 Å². The Morgan fingerprint density at radius 1 is 0.905 bits per heavy atom. The maximum absolute atomic E-state index is 13.7. The van der Waals surface area contributed by atoms with Gasteiger partial charge in [0.2, 0.25) is 0 Å². The Balaban J connectivity index is 1.49. The number of piperidine rings is 1. The molecule has 0 aliphatic carbocycles. The van der Waals surface area contributed by atoms with E-state index < -0.39 is 0 Å². The van der Waals surface area contributed by atoms with E-state index in [1.807, 2.05) is 12.1 Å². The molecule has 2 heterocycles. The molecule has 1 aromatic rings. The van der Waals surface area contributed by atoms with Gasteiger partial charge in [-0.25, -0.2) is 4.39 Å². The van der Waals surface area contributed by atoms with Gasteiger partial charge in [0.25, 0.3) is 0 Å². The van der Waals surface area contributed by atoms with E-state index in [9.17, 15) is 4.39 Å². The summed E-state index contributed by atoms with van der Waals surface area (Å²) in [5.41, 5.74) is 0.839. The van der Waals surface area contributed by atoms with Crippen LogP contribution in [0.4, 0.5) is 4.39 Å². The topological polar surface area (TPSA) is 6.48 Å². The van der Waals surface area contributed by atoms with Gasteiger partial charge in [-0.15, -0.1) is 0 Å². The fraction of sp³-hybridized carbons (Fsp3) is 0.667. The smallest absolute Gasteiger partial charge is 0.127 e. The fourth-order valence-electron chi connectivity index (χ4n) is 3.77. The van der Waals surface area contributed by atoms with Crippen molar-refractivity contribution in [2.45, 2.75) is 51.1 Å². The molecule has 2 saturated heterocycles. The van der Waals surface area contributed by atoms with Crippen LogP contribution in [-0.2, 0) is 6.54 Å². The molecule has 0 radical (unpaired) electrons. The van der Waals surface area contributed by atoms with Gasteiger partial charge in [0.15, 0.2) is 0 Å². The lowest BCUT2D eigenvalue weighted by molar-refractivity contribution is 0.106. The van der Waals surface area contributed by atoms with E-state index in [1.54, 1.807) is 12.1 Å². The second kappa shape index (κ2) is 7.37. The minimum absolute atomic E-state index is 0.0628. The Kier molecular flexibility index (Phi) is 5.26. The Bertz CT molecular complexity index is 433. The first-order valence-corrected chi connectivity index (χ1v) is 8.53. The third kappa shape index (κ3) is 4.04. The molecule has 2 aliphatic heterocycles. The van der Waals surface area contributed by atoms with Crippen LogP contribution in [0.5, 0.6) is 0 Å². The van der Waals surface area contributed by atoms with E-state index in [0.717, 1.165) is 31.2 Å². The highest BCUT2D eigenvalue weighted by atomic mass is 19.1. The lowest BCUT2D eigenvalue weighted by Crippen LogP contribution is -2.45. The standard InChI is InChI=1S/C18H27FN2/c19-18-8-4-3-7-16(18)15-20-13-9-17(10-14-20)21-11-5-1-2-6-12-21/h3-4,7-8,17H,1-2,5-6,9-15H2. The van der Waals surface area contributed by atoms with Gasteiger partial charge in [-0.05, 0) is 57.9 Å². The number of likely N-dealkylation sites (tertiary alicyclic amines) is 2. The van der Waals surface area contributed by atoms with Gasteiger partial charge < -0.3 is 4.90 Å². The Hall–Kier alpha value is -0.930. The zero-order valence-corrected chi connectivity index (χ0v) is 12.9. The van der Waals surface area contributed by atoms with Crippen LogP contribution in [0.1, 0.15) is 44.1 Å². The average Bonchev–Trinajstić information content (AvgIpc) is 2.80. The lowest BCUT2D eigenvalue weighted by atomic mass is 10.0. The van der Waals surface area contributed by atoms with E-state index in [2.05, 4.69) is 9.80 Å². The molecule has 2 fully saturated rings. The van der Waals surface area contributed by atoms with Crippen molar-refractivity contribution in [3.8, 4) is 0 Å². The third-order valence-electron chi connectivity index (χ3n) is 5.07. The molecule has 0 bridgehead atoms. The second-order valence-corrected chi connectivity index (χ2v) is 6.55. The number of halogens is 1. The summed E-state index contributed by atoms with van der Waals surface area (Å²) >= 11 is 0. The van der Waals surface area contributed by atoms with Crippen LogP contribution in [0.2, 0.25) is 0 Å². The number of benzene rings is 1. The highest BCUT2D eigenvalue weighted by molar-refractivity contribution is 5.17. The van der Waals surface area contributed by atoms with Gasteiger partial charge in [-0.3, -0.25) is 4.90 Å². The van der Waals surface area contributed by atoms with Crippen LogP contribution in [0.3, 0.4) is 0 Å². The minimum atomic E-state index is -0.0628. The van der Waals surface area contributed by atoms with Crippen molar-refractivity contribution >= 4 is 0 Å². The lowest BCUT2D eigenvalue weighted by Gasteiger charge is -2.38. The van der Waals surface area contributed by atoms with Crippen molar-refractivity contribution in [3.05, 3.63) is 35.6 Å². The molecule has 0 amide bonds. The van der Waals surface area contributed by atoms with E-state index in [1.165, 1.54) is 51.6 Å². The number of hydrogen-bond donors (Lipinski definition) is 0. The summed E-state index contributed by atoms with van der Waals surface area (Å²) in [7, 11) is 0. The molecule has 0 unspecified atom stereocenters. The average molecular weight is 290 g/mol. The molecule has 1 aromatic carbocycles. The molecule has 0 saturated carbocycles. The van der Waals surface area contributed by atoms with Crippen LogP contribution in [0, 0.1) is 5.82 Å². The van der Waals surface area contributed by atoms with E-state index >= 15 is 0 Å². The first kappa shape index (κ1) is 15.0. The van der Waals surface area contributed by atoms with Crippen molar-refractivity contribution < 1.29 is 4.39 Å². The normalized spacial score (nSPS) is 23.1. The van der Waals surface area contributed by atoms with Crippen LogP contribution in [-0.4, -0.2) is 42.0 Å². The van der Waals surface area contributed by atoms with Gasteiger partial charge in [0.05, 0.1) is 0 Å². The quantitative estimate of drug-likeness (QED) is 0.838. The van der Waals surface area contributed by atoms with Crippen molar-refractivity contribution in [2.75, 3.05) is 26.2 Å². The van der Waals surface area contributed by atoms with Gasteiger partial charge in [0, 0.05) is 18.2 Å². The maximum atomic E-state index is 13.7. The summed E-state index contributed by atoms with van der Waals surface area (Å²) in [4.78, 5) is 5.13. The maximum Gasteiger partial charge on any atom is 0.127 e.